The first-order chi connectivity index (χ1) is 23.2. The van der Waals surface area contributed by atoms with Crippen LogP contribution in [-0.2, 0) is 59.6 Å². The van der Waals surface area contributed by atoms with E-state index in [-0.39, 0.29) is 18.2 Å². The molecule has 0 amide bonds. The van der Waals surface area contributed by atoms with E-state index < -0.39 is 77.4 Å². The Labute approximate surface area is 281 Å². The number of methoxy groups -OCH3 is 1. The number of carbonyl (C=O) groups excluding carboxylic acids is 4. The van der Waals surface area contributed by atoms with E-state index in [0.717, 1.165) is 25.0 Å². The van der Waals surface area contributed by atoms with Gasteiger partial charge in [0.05, 0.1) is 18.1 Å². The molecule has 0 radical (unpaired) electrons. The molecular formula is C31H34F3NO15. The number of carbonyl (C=O) groups is 6. The molecule has 1 aromatic carbocycles. The lowest BCUT2D eigenvalue weighted by Gasteiger charge is -2.61. The third kappa shape index (κ3) is 6.66. The summed E-state index contributed by atoms with van der Waals surface area (Å²) in [6, 6.07) is 3.55. The quantitative estimate of drug-likeness (QED) is 0.240. The highest BCUT2D eigenvalue weighted by Crippen LogP contribution is 2.65. The average molecular weight is 718 g/mol. The zero-order valence-electron chi connectivity index (χ0n) is 27.3. The van der Waals surface area contributed by atoms with Gasteiger partial charge in [0.1, 0.15) is 5.76 Å². The predicted molar refractivity (Wildman–Crippen MR) is 156 cm³/mol. The first-order valence-corrected chi connectivity index (χ1v) is 15.0. The molecule has 0 aromatic heterocycles. The van der Waals surface area contributed by atoms with Crippen molar-refractivity contribution in [3.63, 3.8) is 0 Å². The van der Waals surface area contributed by atoms with E-state index in [1.165, 1.54) is 14.0 Å². The van der Waals surface area contributed by atoms with E-state index in [1.807, 2.05) is 13.1 Å². The Morgan fingerprint density at radius 1 is 1.00 bits per heavy atom. The molecule has 274 valence electrons. The number of piperidine rings is 1. The van der Waals surface area contributed by atoms with Crippen LogP contribution in [0.1, 0.15) is 44.7 Å². The number of nitrogens with zero attached hydrogens (tertiary/aromatic N) is 1. The van der Waals surface area contributed by atoms with E-state index in [1.54, 1.807) is 12.1 Å². The highest BCUT2D eigenvalue weighted by atomic mass is 19.4. The Morgan fingerprint density at radius 2 is 1.60 bits per heavy atom. The van der Waals surface area contributed by atoms with Gasteiger partial charge in [-0.1, -0.05) is 6.07 Å². The van der Waals surface area contributed by atoms with Crippen molar-refractivity contribution in [2.45, 2.75) is 87.7 Å². The van der Waals surface area contributed by atoms with Gasteiger partial charge >= 0.3 is 42.0 Å². The lowest BCUT2D eigenvalue weighted by atomic mass is 9.50. The molecule has 3 unspecified atom stereocenters. The predicted octanol–water partition coefficient (Wildman–Crippen LogP) is 1.03. The second-order valence-electron chi connectivity index (χ2n) is 12.0. The first kappa shape index (κ1) is 37.9. The number of ether oxygens (including phenoxy) is 6. The van der Waals surface area contributed by atoms with Gasteiger partial charge in [-0.15, -0.1) is 0 Å². The van der Waals surface area contributed by atoms with Crippen molar-refractivity contribution in [3.8, 4) is 11.5 Å². The monoisotopic (exact) mass is 717 g/mol. The Kier molecular flexibility index (Phi) is 10.4. The number of hydrogen-bond acceptors (Lipinski definition) is 14. The molecule has 7 atom stereocenters. The number of hydrogen-bond donors (Lipinski definition) is 3. The first-order valence-electron chi connectivity index (χ1n) is 15.0. The number of carboxylic acids is 2. The van der Waals surface area contributed by atoms with Crippen molar-refractivity contribution in [1.82, 2.24) is 4.90 Å². The summed E-state index contributed by atoms with van der Waals surface area (Å²) >= 11 is 0. The Morgan fingerprint density at radius 3 is 2.14 bits per heavy atom. The van der Waals surface area contributed by atoms with Gasteiger partial charge in [-0.3, -0.25) is 9.59 Å². The molecule has 1 aromatic rings. The maximum absolute atomic E-state index is 13.2. The molecule has 0 saturated carbocycles. The van der Waals surface area contributed by atoms with E-state index in [0.29, 0.717) is 30.9 Å². The highest BCUT2D eigenvalue weighted by Gasteiger charge is 2.72. The second-order valence-corrected chi connectivity index (χ2v) is 12.0. The molecule has 4 aliphatic rings. The Balaban J connectivity index is 0.000000727. The molecular weight excluding hydrogens is 683 g/mol. The summed E-state index contributed by atoms with van der Waals surface area (Å²) in [7, 11) is 3.48. The maximum atomic E-state index is 13.2. The van der Waals surface area contributed by atoms with Crippen LogP contribution in [0.5, 0.6) is 11.5 Å². The summed E-state index contributed by atoms with van der Waals surface area (Å²) in [5.74, 6) is -8.03. The topological polar surface area (TPSA) is 222 Å². The van der Waals surface area contributed by atoms with Crippen LogP contribution in [-0.4, -0.2) is 119 Å². The van der Waals surface area contributed by atoms with Gasteiger partial charge in [0.25, 0.3) is 0 Å². The summed E-state index contributed by atoms with van der Waals surface area (Å²) in [5.41, 5.74) is -0.334. The normalized spacial score (nSPS) is 26.1. The number of likely N-dealkylation sites (N-methyl/N-ethyl adjacent to an activating group) is 1. The minimum atomic E-state index is -5.08. The van der Waals surface area contributed by atoms with Crippen LogP contribution >= 0.6 is 0 Å². The summed E-state index contributed by atoms with van der Waals surface area (Å²) in [6.45, 7) is 3.66. The van der Waals surface area contributed by atoms with Crippen molar-refractivity contribution >= 4 is 35.8 Å². The second kappa shape index (κ2) is 13.8. The number of carboxylic acid groups (broad SMARTS) is 2. The van der Waals surface area contributed by atoms with Gasteiger partial charge in [0.2, 0.25) is 12.2 Å². The van der Waals surface area contributed by atoms with E-state index in [9.17, 15) is 47.4 Å². The fraction of sp³-hybridized carbons (Fsp3) is 0.548. The molecule has 3 N–H and O–H groups in total. The van der Waals surface area contributed by atoms with E-state index >= 15 is 0 Å². The largest absolute Gasteiger partial charge is 0.493 e. The SMILES string of the molecule is COc1ccc2c3c1O[C@H]1C(OC(=O)C(C)OC(=O)C(OC(C)=O)C(OC(C)=O)C(=O)O)=CC[C@@]4(O)[C@@H](C2)N(C)CC[C@]314.O=C(O)C(F)(F)F. The number of alkyl halides is 3. The molecule has 2 bridgehead atoms. The number of benzene rings is 1. The minimum absolute atomic E-state index is 0.117. The van der Waals surface area contributed by atoms with Gasteiger partial charge in [0, 0.05) is 31.9 Å². The number of halogens is 3. The van der Waals surface area contributed by atoms with Gasteiger partial charge in [-0.25, -0.2) is 19.2 Å². The number of aliphatic carboxylic acids is 2. The third-order valence-electron chi connectivity index (χ3n) is 8.98. The average Bonchev–Trinajstić information content (AvgIpc) is 3.37. The van der Waals surface area contributed by atoms with Gasteiger partial charge < -0.3 is 48.6 Å². The molecule has 1 saturated heterocycles. The number of esters is 4. The zero-order valence-corrected chi connectivity index (χ0v) is 27.3. The fourth-order valence-electron chi connectivity index (χ4n) is 6.91. The summed E-state index contributed by atoms with van der Waals surface area (Å²) in [5, 5.41) is 28.8. The zero-order chi connectivity index (χ0) is 37.5. The van der Waals surface area contributed by atoms with Crippen LogP contribution in [0.2, 0.25) is 0 Å². The fourth-order valence-corrected chi connectivity index (χ4v) is 6.91. The number of likely N-dealkylation sites (tertiary alicyclic amines) is 1. The minimum Gasteiger partial charge on any atom is -0.493 e. The maximum Gasteiger partial charge on any atom is 0.490 e. The van der Waals surface area contributed by atoms with Crippen molar-refractivity contribution in [3.05, 3.63) is 35.1 Å². The van der Waals surface area contributed by atoms with Crippen LogP contribution in [0, 0.1) is 0 Å². The summed E-state index contributed by atoms with van der Waals surface area (Å²) in [4.78, 5) is 71.7. The van der Waals surface area contributed by atoms with Crippen molar-refractivity contribution in [2.75, 3.05) is 20.7 Å². The van der Waals surface area contributed by atoms with Crippen LogP contribution in [0.4, 0.5) is 13.2 Å². The summed E-state index contributed by atoms with van der Waals surface area (Å²) in [6.07, 6.45) is -9.14. The van der Waals surface area contributed by atoms with Crippen molar-refractivity contribution in [2.24, 2.45) is 0 Å². The molecule has 1 spiro atoms. The standard InChI is InChI=1S/C29H33NO13.C2HF3O2/c1-13(39-27(36)23(41-15(3)32)22(25(33)34)40-14(2)31)26(35)42-18-8-9-29(37)19-12-16-6-7-17(38-5)21-20(16)28(29,24(18)43-21)10-11-30(19)4;3-2(4,5)1(6)7/h6-8,13,19,22-24,37H,9-12H2,1-5H3,(H,33,34);(H,6,7)/t13?,19-,22?,23?,24+,28+,29-;/m1./s1. The molecule has 2 aliphatic carbocycles. The lowest BCUT2D eigenvalue weighted by Crippen LogP contribution is -2.74. The Bertz CT molecular complexity index is 1630. The van der Waals surface area contributed by atoms with Gasteiger partial charge in [-0.2, -0.15) is 13.2 Å². The van der Waals surface area contributed by atoms with Gasteiger partial charge in [-0.05, 0) is 51.1 Å². The van der Waals surface area contributed by atoms with E-state index in [2.05, 4.69) is 9.64 Å². The Hall–Kier alpha value is -4.91. The smallest absolute Gasteiger partial charge is 0.490 e. The molecule has 16 nitrogen and oxygen atoms in total. The molecule has 2 aliphatic heterocycles. The highest BCUT2D eigenvalue weighted by molar-refractivity contribution is 5.89. The van der Waals surface area contributed by atoms with Crippen molar-refractivity contribution < 1.29 is 85.7 Å². The van der Waals surface area contributed by atoms with Crippen LogP contribution in [0.15, 0.2) is 24.0 Å². The van der Waals surface area contributed by atoms with Crippen molar-refractivity contribution in [1.29, 1.82) is 0 Å². The molecule has 19 heteroatoms. The van der Waals surface area contributed by atoms with Crippen LogP contribution < -0.4 is 9.47 Å². The lowest BCUT2D eigenvalue weighted by molar-refractivity contribution is -0.193. The van der Waals surface area contributed by atoms with Crippen LogP contribution in [0.3, 0.4) is 0 Å². The van der Waals surface area contributed by atoms with Gasteiger partial charge in [0.15, 0.2) is 23.7 Å². The van der Waals surface area contributed by atoms with Crippen LogP contribution in [0.25, 0.3) is 0 Å². The number of aliphatic hydroxyl groups is 1. The van der Waals surface area contributed by atoms with E-state index in [4.69, 9.17) is 33.6 Å². The molecule has 2 heterocycles. The summed E-state index contributed by atoms with van der Waals surface area (Å²) < 4.78 is 64.0. The molecule has 50 heavy (non-hydrogen) atoms. The molecule has 1 fully saturated rings. The third-order valence-corrected chi connectivity index (χ3v) is 8.98. The molecule has 5 rings (SSSR count). The number of rotatable bonds is 9.